The predicted molar refractivity (Wildman–Crippen MR) is 90.1 cm³/mol. The second-order valence-corrected chi connectivity index (χ2v) is 8.47. The molecule has 0 saturated carbocycles. The highest BCUT2D eigenvalue weighted by Gasteiger charge is 2.17. The largest absolute Gasteiger partial charge is 0.267 e. The van der Waals surface area contributed by atoms with Crippen LogP contribution in [0.3, 0.4) is 0 Å². The van der Waals surface area contributed by atoms with Crippen molar-refractivity contribution in [3.05, 3.63) is 75.7 Å². The molecule has 0 fully saturated rings. The Labute approximate surface area is 134 Å². The Kier molecular flexibility index (Phi) is 3.93. The van der Waals surface area contributed by atoms with Crippen LogP contribution in [0, 0.1) is 13.8 Å². The normalized spacial score (nSPS) is 11.7. The molecule has 2 heterocycles. The van der Waals surface area contributed by atoms with Gasteiger partial charge in [-0.1, -0.05) is 12.1 Å². The molecule has 0 bridgehead atoms. The first-order valence-corrected chi connectivity index (χ1v) is 9.26. The highest BCUT2D eigenvalue weighted by atomic mass is 32.2. The van der Waals surface area contributed by atoms with Gasteiger partial charge in [-0.2, -0.15) is 0 Å². The fraction of sp³-hybridized carbons (Fsp3) is 0.176. The minimum absolute atomic E-state index is 0.318. The maximum absolute atomic E-state index is 12.6. The van der Waals surface area contributed by atoms with E-state index in [-0.39, 0.29) is 0 Å². The van der Waals surface area contributed by atoms with Gasteiger partial charge in [-0.3, -0.25) is 0 Å². The van der Waals surface area contributed by atoms with Gasteiger partial charge in [0, 0.05) is 28.1 Å². The molecule has 22 heavy (non-hydrogen) atoms. The summed E-state index contributed by atoms with van der Waals surface area (Å²) < 4.78 is 26.4. The van der Waals surface area contributed by atoms with Crippen LogP contribution in [0.25, 0.3) is 0 Å². The molecular weight excluding hydrogens is 314 g/mol. The van der Waals surface area contributed by atoms with E-state index in [0.717, 1.165) is 12.0 Å². The summed E-state index contributed by atoms with van der Waals surface area (Å²) in [6.45, 7) is 3.87. The summed E-state index contributed by atoms with van der Waals surface area (Å²) in [7, 11) is -3.49. The van der Waals surface area contributed by atoms with Crippen molar-refractivity contribution < 1.29 is 8.42 Å². The topological polar surface area (TPSA) is 39.1 Å². The molecule has 0 atom stereocenters. The summed E-state index contributed by atoms with van der Waals surface area (Å²) in [4.78, 5) is 2.89. The lowest BCUT2D eigenvalue weighted by Crippen LogP contribution is -2.13. The molecule has 0 amide bonds. The molecule has 3 rings (SSSR count). The first kappa shape index (κ1) is 15.1. The minimum Gasteiger partial charge on any atom is -0.246 e. The zero-order valence-corrected chi connectivity index (χ0v) is 14.1. The number of aromatic nitrogens is 1. The maximum atomic E-state index is 12.6. The smallest absolute Gasteiger partial charge is 0.246 e. The molecule has 0 N–H and O–H groups in total. The van der Waals surface area contributed by atoms with Crippen LogP contribution in [0.15, 0.2) is 59.6 Å². The van der Waals surface area contributed by atoms with E-state index >= 15 is 0 Å². The van der Waals surface area contributed by atoms with Gasteiger partial charge in [0.1, 0.15) is 0 Å². The Balaban J connectivity index is 1.87. The van der Waals surface area contributed by atoms with Gasteiger partial charge in [-0.15, -0.1) is 11.3 Å². The van der Waals surface area contributed by atoms with Gasteiger partial charge in [-0.05, 0) is 55.8 Å². The highest BCUT2D eigenvalue weighted by Crippen LogP contribution is 2.21. The van der Waals surface area contributed by atoms with E-state index in [1.165, 1.54) is 13.7 Å². The van der Waals surface area contributed by atoms with Crippen molar-refractivity contribution in [1.82, 2.24) is 3.97 Å². The van der Waals surface area contributed by atoms with Crippen LogP contribution in [-0.2, 0) is 16.4 Å². The third-order valence-electron chi connectivity index (χ3n) is 3.56. The Hall–Kier alpha value is -1.85. The van der Waals surface area contributed by atoms with E-state index in [1.54, 1.807) is 48.7 Å². The van der Waals surface area contributed by atoms with Gasteiger partial charge < -0.3 is 0 Å². The van der Waals surface area contributed by atoms with Gasteiger partial charge in [0.2, 0.25) is 0 Å². The summed E-state index contributed by atoms with van der Waals surface area (Å²) in [6, 6.07) is 14.9. The molecule has 0 unspecified atom stereocenters. The van der Waals surface area contributed by atoms with Crippen LogP contribution in [0.2, 0.25) is 0 Å². The number of hydrogen-bond donors (Lipinski definition) is 0. The van der Waals surface area contributed by atoms with Crippen LogP contribution in [0.1, 0.15) is 21.0 Å². The van der Waals surface area contributed by atoms with E-state index < -0.39 is 10.0 Å². The third kappa shape index (κ3) is 2.87. The molecule has 0 saturated heterocycles. The first-order valence-electron chi connectivity index (χ1n) is 7.00. The summed E-state index contributed by atoms with van der Waals surface area (Å²) in [5.41, 5.74) is 1.82. The summed E-state index contributed by atoms with van der Waals surface area (Å²) in [5, 5.41) is 0. The number of aryl methyl sites for hydroxylation is 2. The van der Waals surface area contributed by atoms with Crippen LogP contribution in [-0.4, -0.2) is 12.4 Å². The van der Waals surface area contributed by atoms with E-state index in [2.05, 4.69) is 19.1 Å². The average Bonchev–Trinajstić information content (AvgIpc) is 3.08. The van der Waals surface area contributed by atoms with Gasteiger partial charge >= 0.3 is 0 Å². The number of nitrogens with zero attached hydrogens (tertiary/aromatic N) is 1. The van der Waals surface area contributed by atoms with Crippen molar-refractivity contribution in [2.24, 2.45) is 0 Å². The molecular formula is C17H17NO2S2. The molecule has 114 valence electrons. The molecule has 0 aliphatic carbocycles. The third-order valence-corrected chi connectivity index (χ3v) is 6.36. The minimum atomic E-state index is -3.49. The predicted octanol–water partition coefficient (Wildman–Crippen LogP) is 3.99. The Morgan fingerprint density at radius 3 is 2.27 bits per heavy atom. The van der Waals surface area contributed by atoms with Gasteiger partial charge in [-0.25, -0.2) is 12.4 Å². The van der Waals surface area contributed by atoms with Crippen molar-refractivity contribution in [3.63, 3.8) is 0 Å². The lowest BCUT2D eigenvalue weighted by Gasteiger charge is -2.09. The molecule has 0 radical (unpaired) electrons. The number of hydrogen-bond acceptors (Lipinski definition) is 3. The average molecular weight is 331 g/mol. The van der Waals surface area contributed by atoms with Gasteiger partial charge in [0.05, 0.1) is 4.90 Å². The summed E-state index contributed by atoms with van der Waals surface area (Å²) in [5.74, 6) is 0. The van der Waals surface area contributed by atoms with Crippen molar-refractivity contribution >= 4 is 21.4 Å². The standard InChI is InChI=1S/C17H17NO2S2/c1-13-4-3-11-18(13)22(19,20)17-9-6-15(7-10-17)12-16-8-5-14(2)21-16/h3-11H,12H2,1-2H3. The maximum Gasteiger partial charge on any atom is 0.267 e. The molecule has 0 aliphatic heterocycles. The SMILES string of the molecule is Cc1ccc(Cc2ccc(S(=O)(=O)n3cccc3C)cc2)s1. The Morgan fingerprint density at radius 2 is 1.73 bits per heavy atom. The van der Waals surface area contributed by atoms with Crippen LogP contribution in [0.5, 0.6) is 0 Å². The fourth-order valence-electron chi connectivity index (χ4n) is 2.40. The lowest BCUT2D eigenvalue weighted by molar-refractivity contribution is 0.586. The zero-order chi connectivity index (χ0) is 15.7. The lowest BCUT2D eigenvalue weighted by atomic mass is 10.1. The Bertz CT molecular complexity index is 887. The van der Waals surface area contributed by atoms with E-state index in [9.17, 15) is 8.42 Å². The van der Waals surface area contributed by atoms with Crippen molar-refractivity contribution in [1.29, 1.82) is 0 Å². The van der Waals surface area contributed by atoms with Crippen molar-refractivity contribution in [2.45, 2.75) is 25.2 Å². The molecule has 5 heteroatoms. The molecule has 2 aromatic heterocycles. The second-order valence-electron chi connectivity index (χ2n) is 5.28. The monoisotopic (exact) mass is 331 g/mol. The van der Waals surface area contributed by atoms with Gasteiger partial charge in [0.15, 0.2) is 0 Å². The fourth-order valence-corrected chi connectivity index (χ4v) is 4.70. The second kappa shape index (κ2) is 5.74. The first-order chi connectivity index (χ1) is 10.5. The molecule has 1 aromatic carbocycles. The number of rotatable bonds is 4. The zero-order valence-electron chi connectivity index (χ0n) is 12.5. The van der Waals surface area contributed by atoms with Crippen molar-refractivity contribution in [2.75, 3.05) is 0 Å². The van der Waals surface area contributed by atoms with Crippen molar-refractivity contribution in [3.8, 4) is 0 Å². The molecule has 0 spiro atoms. The van der Waals surface area contributed by atoms with E-state index in [0.29, 0.717) is 10.6 Å². The van der Waals surface area contributed by atoms with E-state index in [4.69, 9.17) is 0 Å². The summed E-state index contributed by atoms with van der Waals surface area (Å²) >= 11 is 1.77. The Morgan fingerprint density at radius 1 is 1.00 bits per heavy atom. The quantitative estimate of drug-likeness (QED) is 0.725. The molecule has 3 aromatic rings. The van der Waals surface area contributed by atoms with Gasteiger partial charge in [0.25, 0.3) is 10.0 Å². The van der Waals surface area contributed by atoms with Crippen LogP contribution in [0.4, 0.5) is 0 Å². The molecule has 0 aliphatic rings. The number of thiophene rings is 1. The highest BCUT2D eigenvalue weighted by molar-refractivity contribution is 7.90. The van der Waals surface area contributed by atoms with Crippen LogP contribution < -0.4 is 0 Å². The van der Waals surface area contributed by atoms with Crippen LogP contribution >= 0.6 is 11.3 Å². The number of benzene rings is 1. The molecule has 3 nitrogen and oxygen atoms in total. The summed E-state index contributed by atoms with van der Waals surface area (Å²) in [6.07, 6.45) is 2.41. The van der Waals surface area contributed by atoms with E-state index in [1.807, 2.05) is 12.1 Å².